The Hall–Kier alpha value is -3.18. The number of ether oxygens (including phenoxy) is 1. The quantitative estimate of drug-likeness (QED) is 0.646. The van der Waals surface area contributed by atoms with E-state index in [4.69, 9.17) is 10.5 Å². The van der Waals surface area contributed by atoms with E-state index in [1.807, 2.05) is 72.8 Å². The minimum atomic E-state index is -0.779. The largest absolute Gasteiger partial charge is 0.368 e. The molecule has 0 aliphatic rings. The van der Waals surface area contributed by atoms with E-state index in [2.05, 4.69) is 5.32 Å². The molecule has 5 nitrogen and oxygen atoms in total. The van der Waals surface area contributed by atoms with Crippen molar-refractivity contribution in [1.82, 2.24) is 5.32 Å². The lowest BCUT2D eigenvalue weighted by Gasteiger charge is -2.16. The highest BCUT2D eigenvalue weighted by atomic mass is 16.5. The van der Waals surface area contributed by atoms with E-state index in [0.29, 0.717) is 13.0 Å². The summed E-state index contributed by atoms with van der Waals surface area (Å²) in [4.78, 5) is 23.9. The van der Waals surface area contributed by atoms with Crippen LogP contribution in [-0.2, 0) is 27.4 Å². The van der Waals surface area contributed by atoms with Crippen molar-refractivity contribution in [2.24, 2.45) is 5.73 Å². The van der Waals surface area contributed by atoms with Gasteiger partial charge in [-0.1, -0.05) is 72.8 Å². The summed E-state index contributed by atoms with van der Waals surface area (Å²) < 4.78 is 5.41. The number of hydrogen-bond donors (Lipinski definition) is 2. The van der Waals surface area contributed by atoms with Crippen molar-refractivity contribution in [2.45, 2.75) is 19.1 Å². The summed E-state index contributed by atoms with van der Waals surface area (Å²) in [6, 6.07) is 22.7. The van der Waals surface area contributed by atoms with Crippen molar-refractivity contribution < 1.29 is 14.3 Å². The molecule has 27 heavy (non-hydrogen) atoms. The normalized spacial score (nSPS) is 11.9. The molecule has 138 valence electrons. The van der Waals surface area contributed by atoms with Gasteiger partial charge in [0.25, 0.3) is 0 Å². The number of primary amides is 1. The lowest BCUT2D eigenvalue weighted by Crippen LogP contribution is -2.47. The molecule has 0 aliphatic carbocycles. The number of benzene rings is 3. The highest BCUT2D eigenvalue weighted by Gasteiger charge is 2.18. The van der Waals surface area contributed by atoms with Crippen LogP contribution < -0.4 is 11.1 Å². The molecule has 0 aliphatic heterocycles. The van der Waals surface area contributed by atoms with Crippen LogP contribution in [0.3, 0.4) is 0 Å². The molecule has 0 unspecified atom stereocenters. The molecule has 0 heterocycles. The van der Waals surface area contributed by atoms with Gasteiger partial charge in [0.2, 0.25) is 11.8 Å². The minimum absolute atomic E-state index is 0.129. The van der Waals surface area contributed by atoms with Crippen molar-refractivity contribution in [2.75, 3.05) is 6.61 Å². The first-order valence-corrected chi connectivity index (χ1v) is 8.80. The van der Waals surface area contributed by atoms with Crippen LogP contribution >= 0.6 is 0 Å². The van der Waals surface area contributed by atoms with Crippen molar-refractivity contribution in [3.63, 3.8) is 0 Å². The Morgan fingerprint density at radius 3 is 2.33 bits per heavy atom. The van der Waals surface area contributed by atoms with Gasteiger partial charge < -0.3 is 15.8 Å². The Balaban J connectivity index is 1.56. The zero-order valence-corrected chi connectivity index (χ0v) is 14.9. The van der Waals surface area contributed by atoms with Crippen molar-refractivity contribution in [3.05, 3.63) is 83.9 Å². The zero-order valence-electron chi connectivity index (χ0n) is 14.9. The van der Waals surface area contributed by atoms with Gasteiger partial charge in [-0.05, 0) is 21.9 Å². The summed E-state index contributed by atoms with van der Waals surface area (Å²) in [5.41, 5.74) is 7.38. The number of carbonyl (C=O) groups excluding carboxylic acids is 2. The molecule has 1 atom stereocenters. The Morgan fingerprint density at radius 2 is 1.59 bits per heavy atom. The number of carbonyl (C=O) groups is 2. The third kappa shape index (κ3) is 5.39. The summed E-state index contributed by atoms with van der Waals surface area (Å²) in [6.45, 7) is 0.205. The van der Waals surface area contributed by atoms with Crippen LogP contribution in [0.15, 0.2) is 72.8 Å². The molecule has 2 amide bonds. The van der Waals surface area contributed by atoms with Crippen LogP contribution in [0.2, 0.25) is 0 Å². The molecule has 3 aromatic rings. The van der Waals surface area contributed by atoms with Crippen LogP contribution in [0, 0.1) is 0 Å². The average Bonchev–Trinajstić information content (AvgIpc) is 2.68. The molecule has 0 bridgehead atoms. The van der Waals surface area contributed by atoms with Crippen molar-refractivity contribution in [1.29, 1.82) is 0 Å². The SMILES string of the molecule is NC(=O)[C@H](Cc1ccc2ccccc2c1)NC(=O)COCc1ccccc1. The molecule has 5 heteroatoms. The van der Waals surface area contributed by atoms with Gasteiger partial charge in [0.15, 0.2) is 0 Å². The Kier molecular flexibility index (Phi) is 6.18. The summed E-state index contributed by atoms with van der Waals surface area (Å²) in [7, 11) is 0. The van der Waals surface area contributed by atoms with Crippen LogP contribution in [0.4, 0.5) is 0 Å². The Morgan fingerprint density at radius 1 is 0.889 bits per heavy atom. The third-order valence-electron chi connectivity index (χ3n) is 4.28. The van der Waals surface area contributed by atoms with E-state index in [-0.39, 0.29) is 12.5 Å². The number of hydrogen-bond acceptors (Lipinski definition) is 3. The lowest BCUT2D eigenvalue weighted by atomic mass is 10.0. The van der Waals surface area contributed by atoms with E-state index >= 15 is 0 Å². The van der Waals surface area contributed by atoms with Gasteiger partial charge in [-0.15, -0.1) is 0 Å². The van der Waals surface area contributed by atoms with Crippen LogP contribution in [0.1, 0.15) is 11.1 Å². The summed E-state index contributed by atoms with van der Waals surface area (Å²) >= 11 is 0. The fourth-order valence-electron chi connectivity index (χ4n) is 2.90. The van der Waals surface area contributed by atoms with Gasteiger partial charge in [0, 0.05) is 6.42 Å². The van der Waals surface area contributed by atoms with E-state index in [1.165, 1.54) is 0 Å². The smallest absolute Gasteiger partial charge is 0.246 e. The second kappa shape index (κ2) is 8.96. The van der Waals surface area contributed by atoms with E-state index in [0.717, 1.165) is 21.9 Å². The van der Waals surface area contributed by atoms with Gasteiger partial charge in [0.1, 0.15) is 12.6 Å². The molecular weight excluding hydrogens is 340 g/mol. The number of rotatable bonds is 8. The van der Waals surface area contributed by atoms with E-state index < -0.39 is 11.9 Å². The van der Waals surface area contributed by atoms with Crippen LogP contribution in [0.25, 0.3) is 10.8 Å². The minimum Gasteiger partial charge on any atom is -0.368 e. The highest BCUT2D eigenvalue weighted by Crippen LogP contribution is 2.16. The predicted octanol–water partition coefficient (Wildman–Crippen LogP) is 2.57. The molecule has 0 spiro atoms. The summed E-state index contributed by atoms with van der Waals surface area (Å²) in [5, 5.41) is 4.86. The zero-order chi connectivity index (χ0) is 19.1. The Bertz CT molecular complexity index is 925. The third-order valence-corrected chi connectivity index (χ3v) is 4.28. The molecule has 3 rings (SSSR count). The molecule has 0 aromatic heterocycles. The maximum atomic E-state index is 12.1. The number of nitrogens with one attached hydrogen (secondary N) is 1. The summed E-state index contributed by atoms with van der Waals surface area (Å²) in [5.74, 6) is -0.935. The second-order valence-electron chi connectivity index (χ2n) is 6.39. The second-order valence-corrected chi connectivity index (χ2v) is 6.39. The molecule has 3 N–H and O–H groups in total. The molecule has 0 radical (unpaired) electrons. The van der Waals surface area contributed by atoms with E-state index in [9.17, 15) is 9.59 Å². The maximum Gasteiger partial charge on any atom is 0.246 e. The van der Waals surface area contributed by atoms with Gasteiger partial charge >= 0.3 is 0 Å². The first-order chi connectivity index (χ1) is 13.1. The monoisotopic (exact) mass is 362 g/mol. The molecule has 0 fully saturated rings. The number of nitrogens with two attached hydrogens (primary N) is 1. The van der Waals surface area contributed by atoms with Gasteiger partial charge in [-0.25, -0.2) is 0 Å². The first-order valence-electron chi connectivity index (χ1n) is 8.80. The molecule has 0 saturated heterocycles. The predicted molar refractivity (Wildman–Crippen MR) is 105 cm³/mol. The van der Waals surface area contributed by atoms with Gasteiger partial charge in [-0.3, -0.25) is 9.59 Å². The van der Waals surface area contributed by atoms with Gasteiger partial charge in [0.05, 0.1) is 6.61 Å². The average molecular weight is 362 g/mol. The lowest BCUT2D eigenvalue weighted by molar-refractivity contribution is -0.130. The van der Waals surface area contributed by atoms with Crippen LogP contribution in [0.5, 0.6) is 0 Å². The fourth-order valence-corrected chi connectivity index (χ4v) is 2.90. The van der Waals surface area contributed by atoms with Gasteiger partial charge in [-0.2, -0.15) is 0 Å². The molecular formula is C22H22N2O3. The number of amides is 2. The number of fused-ring (bicyclic) bond motifs is 1. The summed E-state index contributed by atoms with van der Waals surface area (Å²) in [6.07, 6.45) is 0.338. The van der Waals surface area contributed by atoms with Crippen molar-refractivity contribution in [3.8, 4) is 0 Å². The molecule has 3 aromatic carbocycles. The first kappa shape index (κ1) is 18.6. The van der Waals surface area contributed by atoms with Crippen molar-refractivity contribution >= 4 is 22.6 Å². The van der Waals surface area contributed by atoms with E-state index in [1.54, 1.807) is 0 Å². The standard InChI is InChI=1S/C22H22N2O3/c23-22(26)20(13-17-10-11-18-8-4-5-9-19(18)12-17)24-21(25)15-27-14-16-6-2-1-3-7-16/h1-12,20H,13-15H2,(H2,23,26)(H,24,25)/t20-/m0/s1. The topological polar surface area (TPSA) is 81.4 Å². The maximum absolute atomic E-state index is 12.1. The fraction of sp³-hybridized carbons (Fsp3) is 0.182. The molecule has 0 saturated carbocycles. The Labute approximate surface area is 158 Å². The van der Waals surface area contributed by atoms with Crippen LogP contribution in [-0.4, -0.2) is 24.5 Å². The highest BCUT2D eigenvalue weighted by molar-refractivity contribution is 5.88.